The van der Waals surface area contributed by atoms with Gasteiger partial charge in [-0.1, -0.05) is 66.7 Å². The van der Waals surface area contributed by atoms with Crippen molar-refractivity contribution in [2.75, 3.05) is 5.32 Å². The van der Waals surface area contributed by atoms with Crippen molar-refractivity contribution in [3.05, 3.63) is 90.0 Å². The number of hydrogen-bond acceptors (Lipinski definition) is 4. The van der Waals surface area contributed by atoms with Crippen molar-refractivity contribution in [2.24, 2.45) is 0 Å². The molecule has 0 aliphatic heterocycles. The molecule has 0 radical (unpaired) electrons. The van der Waals surface area contributed by atoms with E-state index in [0.29, 0.717) is 11.8 Å². The predicted octanol–water partition coefficient (Wildman–Crippen LogP) is 3.73. The zero-order valence-electron chi connectivity index (χ0n) is 15.4. The maximum absolute atomic E-state index is 12.0. The Kier molecular flexibility index (Phi) is 5.74. The van der Waals surface area contributed by atoms with Crippen molar-refractivity contribution in [3.8, 4) is 11.1 Å². The van der Waals surface area contributed by atoms with Crippen LogP contribution in [0.25, 0.3) is 11.1 Å². The number of carbonyl (C=O) groups excluding carboxylic acids is 1. The van der Waals surface area contributed by atoms with E-state index in [2.05, 4.69) is 5.32 Å². The summed E-state index contributed by atoms with van der Waals surface area (Å²) in [5, 5.41) is 22.1. The lowest BCUT2D eigenvalue weighted by molar-refractivity contribution is -0.155. The molecule has 146 valence electrons. The zero-order chi connectivity index (χ0) is 20.9. The second-order valence-electron chi connectivity index (χ2n) is 6.59. The molecular weight excluding hydrogens is 370 g/mol. The maximum Gasteiger partial charge on any atom is 0.341 e. The second kappa shape index (κ2) is 8.39. The summed E-state index contributed by atoms with van der Waals surface area (Å²) in [6.07, 6.45) is 0.241. The van der Waals surface area contributed by atoms with Gasteiger partial charge in [0.15, 0.2) is 6.29 Å². The first kappa shape index (κ1) is 19.8. The maximum atomic E-state index is 12.0. The molecule has 3 aromatic rings. The molecular formula is C23H19NO5. The van der Waals surface area contributed by atoms with E-state index in [0.717, 1.165) is 11.1 Å². The van der Waals surface area contributed by atoms with Crippen LogP contribution in [0.2, 0.25) is 0 Å². The van der Waals surface area contributed by atoms with Crippen molar-refractivity contribution in [1.29, 1.82) is 0 Å². The van der Waals surface area contributed by atoms with E-state index in [1.54, 1.807) is 24.3 Å². The third-order valence-corrected chi connectivity index (χ3v) is 4.70. The van der Waals surface area contributed by atoms with Crippen molar-refractivity contribution in [1.82, 2.24) is 0 Å². The lowest BCUT2D eigenvalue weighted by Crippen LogP contribution is -2.55. The molecule has 0 saturated heterocycles. The molecule has 0 fully saturated rings. The highest BCUT2D eigenvalue weighted by Crippen LogP contribution is 2.26. The van der Waals surface area contributed by atoms with Crippen molar-refractivity contribution >= 4 is 23.9 Å². The van der Waals surface area contributed by atoms with Crippen LogP contribution in [0.15, 0.2) is 78.9 Å². The molecule has 6 heteroatoms. The van der Waals surface area contributed by atoms with E-state index < -0.39 is 17.5 Å². The topological polar surface area (TPSA) is 104 Å². The van der Waals surface area contributed by atoms with Crippen LogP contribution in [-0.2, 0) is 16.0 Å². The lowest BCUT2D eigenvalue weighted by atomic mass is 9.89. The predicted molar refractivity (Wildman–Crippen MR) is 109 cm³/mol. The van der Waals surface area contributed by atoms with Crippen LogP contribution in [0.1, 0.15) is 15.9 Å². The Morgan fingerprint density at radius 2 is 1.34 bits per heavy atom. The number of nitrogens with one attached hydrogen (secondary N) is 1. The third-order valence-electron chi connectivity index (χ3n) is 4.70. The average Bonchev–Trinajstić information content (AvgIpc) is 2.74. The van der Waals surface area contributed by atoms with Gasteiger partial charge >= 0.3 is 11.9 Å². The van der Waals surface area contributed by atoms with E-state index in [1.807, 2.05) is 42.5 Å². The number of rotatable bonds is 8. The standard InChI is InChI=1S/C23H19NO5/c25-15-19-8-4-5-9-20(19)24-23(21(26)27,22(28)29)14-16-10-12-18(13-11-16)17-6-2-1-3-7-17/h1-13,15,24H,14H2,(H,26,27)(H,28,29). The molecule has 0 aliphatic carbocycles. The summed E-state index contributed by atoms with van der Waals surface area (Å²) in [6, 6.07) is 22.9. The number of carbonyl (C=O) groups is 3. The average molecular weight is 389 g/mol. The summed E-state index contributed by atoms with van der Waals surface area (Å²) >= 11 is 0. The van der Waals surface area contributed by atoms with E-state index >= 15 is 0 Å². The number of para-hydroxylation sites is 1. The quantitative estimate of drug-likeness (QED) is 0.401. The van der Waals surface area contributed by atoms with E-state index in [-0.39, 0.29) is 17.7 Å². The molecule has 0 saturated carbocycles. The summed E-state index contributed by atoms with van der Waals surface area (Å²) in [5.41, 5.74) is 0.468. The number of anilines is 1. The minimum atomic E-state index is -2.33. The fourth-order valence-electron chi connectivity index (χ4n) is 3.09. The minimum absolute atomic E-state index is 0.146. The Labute approximate surface area is 167 Å². The zero-order valence-corrected chi connectivity index (χ0v) is 15.4. The molecule has 6 nitrogen and oxygen atoms in total. The fraction of sp³-hybridized carbons (Fsp3) is 0.0870. The van der Waals surface area contributed by atoms with Crippen LogP contribution < -0.4 is 5.32 Å². The number of carboxylic acid groups (broad SMARTS) is 2. The first-order chi connectivity index (χ1) is 14.0. The smallest absolute Gasteiger partial charge is 0.341 e. The molecule has 3 aromatic carbocycles. The van der Waals surface area contributed by atoms with Crippen molar-refractivity contribution < 1.29 is 24.6 Å². The van der Waals surface area contributed by atoms with Crippen LogP contribution in [0.4, 0.5) is 5.69 Å². The van der Waals surface area contributed by atoms with Gasteiger partial charge in [0.25, 0.3) is 0 Å². The second-order valence-corrected chi connectivity index (χ2v) is 6.59. The molecule has 29 heavy (non-hydrogen) atoms. The van der Waals surface area contributed by atoms with Crippen LogP contribution in [0, 0.1) is 0 Å². The summed E-state index contributed by atoms with van der Waals surface area (Å²) < 4.78 is 0. The van der Waals surface area contributed by atoms with Crippen LogP contribution in [0.5, 0.6) is 0 Å². The molecule has 0 unspecified atom stereocenters. The van der Waals surface area contributed by atoms with Gasteiger partial charge in [-0.2, -0.15) is 0 Å². The SMILES string of the molecule is O=Cc1ccccc1NC(Cc1ccc(-c2ccccc2)cc1)(C(=O)O)C(=O)O. The Morgan fingerprint density at radius 1 is 0.793 bits per heavy atom. The molecule has 0 bridgehead atoms. The molecule has 0 aromatic heterocycles. The number of hydrogen-bond donors (Lipinski definition) is 3. The van der Waals surface area contributed by atoms with E-state index in [1.165, 1.54) is 12.1 Å². The van der Waals surface area contributed by atoms with Crippen molar-refractivity contribution in [3.63, 3.8) is 0 Å². The van der Waals surface area contributed by atoms with Gasteiger partial charge in [-0.25, -0.2) is 9.59 Å². The summed E-state index contributed by atoms with van der Waals surface area (Å²) in [6.45, 7) is 0. The Hall–Kier alpha value is -3.93. The van der Waals surface area contributed by atoms with E-state index in [9.17, 15) is 24.6 Å². The highest BCUT2D eigenvalue weighted by molar-refractivity contribution is 6.07. The first-order valence-corrected chi connectivity index (χ1v) is 8.90. The van der Waals surface area contributed by atoms with Gasteiger partial charge in [-0.05, 0) is 28.8 Å². The van der Waals surface area contributed by atoms with E-state index in [4.69, 9.17) is 0 Å². The highest BCUT2D eigenvalue weighted by atomic mass is 16.4. The normalized spacial score (nSPS) is 10.9. The Balaban J connectivity index is 1.94. The summed E-state index contributed by atoms with van der Waals surface area (Å²) in [5.74, 6) is -3.09. The van der Waals surface area contributed by atoms with Gasteiger partial charge in [0, 0.05) is 17.7 Å². The third kappa shape index (κ3) is 4.16. The Morgan fingerprint density at radius 3 is 1.93 bits per heavy atom. The molecule has 0 aliphatic rings. The summed E-state index contributed by atoms with van der Waals surface area (Å²) in [4.78, 5) is 35.3. The van der Waals surface area contributed by atoms with Gasteiger partial charge in [-0.15, -0.1) is 0 Å². The number of carboxylic acids is 2. The van der Waals surface area contributed by atoms with Gasteiger partial charge in [-0.3, -0.25) is 4.79 Å². The fourth-order valence-corrected chi connectivity index (χ4v) is 3.09. The van der Waals surface area contributed by atoms with Crippen LogP contribution in [0.3, 0.4) is 0 Å². The van der Waals surface area contributed by atoms with Crippen molar-refractivity contribution in [2.45, 2.75) is 12.0 Å². The first-order valence-electron chi connectivity index (χ1n) is 8.90. The molecule has 3 rings (SSSR count). The minimum Gasteiger partial charge on any atom is -0.479 e. The van der Waals surface area contributed by atoms with Gasteiger partial charge in [0.2, 0.25) is 5.54 Å². The number of aliphatic carboxylic acids is 2. The van der Waals surface area contributed by atoms with Crippen LogP contribution >= 0.6 is 0 Å². The van der Waals surface area contributed by atoms with Gasteiger partial charge in [0.1, 0.15) is 0 Å². The highest BCUT2D eigenvalue weighted by Gasteiger charge is 2.47. The molecule has 0 amide bonds. The largest absolute Gasteiger partial charge is 0.479 e. The molecule has 0 heterocycles. The van der Waals surface area contributed by atoms with Crippen LogP contribution in [-0.4, -0.2) is 34.0 Å². The lowest BCUT2D eigenvalue weighted by Gasteiger charge is -2.28. The molecule has 0 spiro atoms. The monoisotopic (exact) mass is 389 g/mol. The number of aldehydes is 1. The van der Waals surface area contributed by atoms with Gasteiger partial charge < -0.3 is 15.5 Å². The Bertz CT molecular complexity index is 1010. The number of benzene rings is 3. The molecule has 3 N–H and O–H groups in total. The molecule has 0 atom stereocenters. The van der Waals surface area contributed by atoms with Gasteiger partial charge in [0.05, 0.1) is 0 Å². The summed E-state index contributed by atoms with van der Waals surface area (Å²) in [7, 11) is 0.